The highest BCUT2D eigenvalue weighted by Crippen LogP contribution is 2.15. The molecule has 1 saturated heterocycles. The van der Waals surface area contributed by atoms with Gasteiger partial charge in [0, 0.05) is 17.7 Å². The second-order valence-electron chi connectivity index (χ2n) is 5.70. The monoisotopic (exact) mass is 290 g/mol. The van der Waals surface area contributed by atoms with Crippen molar-refractivity contribution >= 4 is 5.78 Å². The number of hydrogen-bond donors (Lipinski definition) is 0. The van der Waals surface area contributed by atoms with Gasteiger partial charge in [-0.2, -0.15) is 5.26 Å². The molecule has 0 spiro atoms. The third-order valence-corrected chi connectivity index (χ3v) is 4.10. The maximum absolute atomic E-state index is 12.4. The zero-order valence-electron chi connectivity index (χ0n) is 12.5. The Labute approximate surface area is 130 Å². The Kier molecular flexibility index (Phi) is 4.32. The molecular formula is C19H18N2O. The van der Waals surface area contributed by atoms with Crippen LogP contribution in [-0.2, 0) is 6.54 Å². The maximum atomic E-state index is 12.4. The van der Waals surface area contributed by atoms with E-state index in [0.717, 1.165) is 6.54 Å². The van der Waals surface area contributed by atoms with Gasteiger partial charge in [0.2, 0.25) is 0 Å². The number of nitrogens with zero attached hydrogens (tertiary/aromatic N) is 2. The highest BCUT2D eigenvalue weighted by atomic mass is 16.1. The number of nitriles is 1. The molecule has 0 N–H and O–H groups in total. The van der Waals surface area contributed by atoms with Crippen LogP contribution in [0.25, 0.3) is 0 Å². The Hall–Kier alpha value is -2.44. The second kappa shape index (κ2) is 6.55. The largest absolute Gasteiger partial charge is 0.299 e. The molecule has 0 amide bonds. The minimum Gasteiger partial charge on any atom is -0.299 e. The number of likely N-dealkylation sites (tertiary alicyclic amines) is 1. The summed E-state index contributed by atoms with van der Waals surface area (Å²) in [6.45, 7) is 3.31. The summed E-state index contributed by atoms with van der Waals surface area (Å²) in [6.07, 6.45) is 2.57. The summed E-state index contributed by atoms with van der Waals surface area (Å²) in [6, 6.07) is 16.7. The number of carbonyl (C=O) groups excluding carboxylic acids is 1. The maximum Gasteiger partial charge on any atom is 0.193 e. The Morgan fingerprint density at radius 1 is 0.955 bits per heavy atom. The first kappa shape index (κ1) is 14.5. The first-order valence-corrected chi connectivity index (χ1v) is 7.62. The minimum absolute atomic E-state index is 0.00258. The highest BCUT2D eigenvalue weighted by Gasteiger charge is 2.13. The first-order chi connectivity index (χ1) is 10.8. The molecule has 0 radical (unpaired) electrons. The van der Waals surface area contributed by atoms with Crippen molar-refractivity contribution in [1.82, 2.24) is 4.90 Å². The van der Waals surface area contributed by atoms with Gasteiger partial charge in [-0.3, -0.25) is 9.69 Å². The van der Waals surface area contributed by atoms with Crippen LogP contribution in [0.15, 0.2) is 48.5 Å². The lowest BCUT2D eigenvalue weighted by molar-refractivity contribution is 0.103. The van der Waals surface area contributed by atoms with Crippen LogP contribution in [0.2, 0.25) is 0 Å². The summed E-state index contributed by atoms with van der Waals surface area (Å²) in [5, 5.41) is 8.79. The van der Waals surface area contributed by atoms with Crippen LogP contribution in [-0.4, -0.2) is 23.8 Å². The van der Waals surface area contributed by atoms with Gasteiger partial charge in [-0.1, -0.05) is 24.3 Å². The molecule has 3 rings (SSSR count). The highest BCUT2D eigenvalue weighted by molar-refractivity contribution is 6.09. The first-order valence-electron chi connectivity index (χ1n) is 7.62. The van der Waals surface area contributed by atoms with E-state index in [9.17, 15) is 4.79 Å². The van der Waals surface area contributed by atoms with Crippen LogP contribution < -0.4 is 0 Å². The van der Waals surface area contributed by atoms with Crippen LogP contribution in [0.5, 0.6) is 0 Å². The van der Waals surface area contributed by atoms with Crippen molar-refractivity contribution in [3.8, 4) is 6.07 Å². The van der Waals surface area contributed by atoms with E-state index in [0.29, 0.717) is 16.7 Å². The summed E-state index contributed by atoms with van der Waals surface area (Å²) in [4.78, 5) is 14.9. The number of ketones is 1. The molecule has 0 aliphatic carbocycles. The van der Waals surface area contributed by atoms with Gasteiger partial charge in [0.25, 0.3) is 0 Å². The standard InChI is InChI=1S/C19H18N2O/c20-13-15-3-7-17(8-4-15)19(22)18-9-5-16(6-10-18)14-21-11-1-2-12-21/h3-10H,1-2,11-12,14H2. The third kappa shape index (κ3) is 3.24. The smallest absolute Gasteiger partial charge is 0.193 e. The van der Waals surface area contributed by atoms with Crippen molar-refractivity contribution in [2.24, 2.45) is 0 Å². The fourth-order valence-corrected chi connectivity index (χ4v) is 2.82. The SMILES string of the molecule is N#Cc1ccc(C(=O)c2ccc(CN3CCCC3)cc2)cc1. The molecule has 1 fully saturated rings. The molecule has 2 aromatic carbocycles. The Bertz CT molecular complexity index is 690. The van der Waals surface area contributed by atoms with Crippen molar-refractivity contribution in [2.45, 2.75) is 19.4 Å². The van der Waals surface area contributed by atoms with Crippen LogP contribution in [0.4, 0.5) is 0 Å². The number of rotatable bonds is 4. The van der Waals surface area contributed by atoms with Crippen LogP contribution >= 0.6 is 0 Å². The molecule has 1 heterocycles. The fourth-order valence-electron chi connectivity index (χ4n) is 2.82. The van der Waals surface area contributed by atoms with Gasteiger partial charge in [-0.25, -0.2) is 0 Å². The molecule has 110 valence electrons. The topological polar surface area (TPSA) is 44.1 Å². The van der Waals surface area contributed by atoms with Crippen molar-refractivity contribution in [3.63, 3.8) is 0 Å². The minimum atomic E-state index is -0.00258. The van der Waals surface area contributed by atoms with E-state index >= 15 is 0 Å². The lowest BCUT2D eigenvalue weighted by Crippen LogP contribution is -2.18. The van der Waals surface area contributed by atoms with Gasteiger partial charge in [-0.05, 0) is 55.8 Å². The molecule has 1 aliphatic rings. The third-order valence-electron chi connectivity index (χ3n) is 4.10. The zero-order chi connectivity index (χ0) is 15.4. The Morgan fingerprint density at radius 2 is 1.50 bits per heavy atom. The van der Waals surface area contributed by atoms with Gasteiger partial charge in [-0.15, -0.1) is 0 Å². The van der Waals surface area contributed by atoms with E-state index in [1.54, 1.807) is 24.3 Å². The van der Waals surface area contributed by atoms with Crippen molar-refractivity contribution < 1.29 is 4.79 Å². The quantitative estimate of drug-likeness (QED) is 0.811. The van der Waals surface area contributed by atoms with E-state index in [4.69, 9.17) is 5.26 Å². The number of hydrogen-bond acceptors (Lipinski definition) is 3. The molecule has 2 aromatic rings. The molecule has 0 saturated carbocycles. The molecule has 0 aromatic heterocycles. The zero-order valence-corrected chi connectivity index (χ0v) is 12.5. The van der Waals surface area contributed by atoms with E-state index in [-0.39, 0.29) is 5.78 Å². The normalized spacial score (nSPS) is 14.7. The van der Waals surface area contributed by atoms with Gasteiger partial charge in [0.1, 0.15) is 0 Å². The molecular weight excluding hydrogens is 272 g/mol. The molecule has 1 aliphatic heterocycles. The summed E-state index contributed by atoms with van der Waals surface area (Å²) >= 11 is 0. The van der Waals surface area contributed by atoms with Gasteiger partial charge in [0.15, 0.2) is 5.78 Å². The van der Waals surface area contributed by atoms with Gasteiger partial charge in [0.05, 0.1) is 11.6 Å². The summed E-state index contributed by atoms with van der Waals surface area (Å²) in [7, 11) is 0. The fraction of sp³-hybridized carbons (Fsp3) is 0.263. The van der Waals surface area contributed by atoms with E-state index in [1.807, 2.05) is 24.3 Å². The molecule has 0 atom stereocenters. The molecule has 3 heteroatoms. The molecule has 0 bridgehead atoms. The average Bonchev–Trinajstić information content (AvgIpc) is 3.08. The second-order valence-corrected chi connectivity index (χ2v) is 5.70. The van der Waals surface area contributed by atoms with E-state index in [2.05, 4.69) is 11.0 Å². The average molecular weight is 290 g/mol. The molecule has 0 unspecified atom stereocenters. The van der Waals surface area contributed by atoms with Crippen molar-refractivity contribution in [3.05, 3.63) is 70.8 Å². The van der Waals surface area contributed by atoms with Gasteiger partial charge < -0.3 is 0 Å². The van der Waals surface area contributed by atoms with Crippen LogP contribution in [0.3, 0.4) is 0 Å². The Morgan fingerprint density at radius 3 is 2.05 bits per heavy atom. The predicted octanol–water partition coefficient (Wildman–Crippen LogP) is 3.39. The summed E-state index contributed by atoms with van der Waals surface area (Å²) < 4.78 is 0. The van der Waals surface area contributed by atoms with E-state index < -0.39 is 0 Å². The Balaban J connectivity index is 1.71. The summed E-state index contributed by atoms with van der Waals surface area (Å²) in [5.74, 6) is -0.00258. The van der Waals surface area contributed by atoms with Gasteiger partial charge >= 0.3 is 0 Å². The van der Waals surface area contributed by atoms with E-state index in [1.165, 1.54) is 31.5 Å². The van der Waals surface area contributed by atoms with Crippen LogP contribution in [0, 0.1) is 11.3 Å². The van der Waals surface area contributed by atoms with Crippen molar-refractivity contribution in [1.29, 1.82) is 5.26 Å². The molecule has 22 heavy (non-hydrogen) atoms. The molecule has 3 nitrogen and oxygen atoms in total. The van der Waals surface area contributed by atoms with Crippen molar-refractivity contribution in [2.75, 3.05) is 13.1 Å². The lowest BCUT2D eigenvalue weighted by Gasteiger charge is -2.14. The van der Waals surface area contributed by atoms with Crippen LogP contribution in [0.1, 0.15) is 39.9 Å². The number of carbonyl (C=O) groups is 1. The lowest BCUT2D eigenvalue weighted by atomic mass is 10.0. The predicted molar refractivity (Wildman–Crippen MR) is 85.5 cm³/mol. The number of benzene rings is 2. The summed E-state index contributed by atoms with van der Waals surface area (Å²) in [5.41, 5.74) is 3.12.